The van der Waals surface area contributed by atoms with Crippen LogP contribution in [0.3, 0.4) is 0 Å². The Kier molecular flexibility index (Phi) is 4.42. The second-order valence-electron chi connectivity index (χ2n) is 5.22. The van der Waals surface area contributed by atoms with Crippen molar-refractivity contribution in [3.63, 3.8) is 0 Å². The van der Waals surface area contributed by atoms with Crippen LogP contribution in [0.5, 0.6) is 0 Å². The number of nitrogens with one attached hydrogen (secondary N) is 1. The van der Waals surface area contributed by atoms with Gasteiger partial charge in [0.25, 0.3) is 0 Å². The number of hydrogen-bond acceptors (Lipinski definition) is 2. The van der Waals surface area contributed by atoms with Crippen molar-refractivity contribution >= 4 is 5.97 Å². The van der Waals surface area contributed by atoms with Crippen molar-refractivity contribution in [2.24, 2.45) is 0 Å². The predicted molar refractivity (Wildman–Crippen MR) is 87.5 cm³/mol. The number of rotatable bonds is 4. The average molecular weight is 327 g/mol. The molecule has 0 aliphatic carbocycles. The summed E-state index contributed by atoms with van der Waals surface area (Å²) in [6.07, 6.45) is 0. The molecule has 0 unspecified atom stereocenters. The summed E-state index contributed by atoms with van der Waals surface area (Å²) < 4.78 is 32.0. The molecule has 0 aliphatic heterocycles. The van der Waals surface area contributed by atoms with Crippen LogP contribution in [-0.4, -0.2) is 17.6 Å². The zero-order valence-electron chi connectivity index (χ0n) is 13.0. The number of esters is 1. The molecule has 3 nitrogen and oxygen atoms in total. The number of hydrogen-bond donors (Lipinski definition) is 1. The number of aromatic nitrogens is 1. The lowest BCUT2D eigenvalue weighted by Crippen LogP contribution is -2.04. The van der Waals surface area contributed by atoms with Crippen LogP contribution in [0.1, 0.15) is 17.3 Å². The Hall–Kier alpha value is -2.95. The topological polar surface area (TPSA) is 42.1 Å². The molecule has 0 bridgehead atoms. The molecule has 0 atom stereocenters. The molecule has 0 aliphatic rings. The molecule has 1 heterocycles. The molecule has 122 valence electrons. The van der Waals surface area contributed by atoms with Gasteiger partial charge < -0.3 is 9.72 Å². The van der Waals surface area contributed by atoms with Gasteiger partial charge in [0.15, 0.2) is 0 Å². The second kappa shape index (κ2) is 6.66. The summed E-state index contributed by atoms with van der Waals surface area (Å²) in [5, 5.41) is 0. The second-order valence-corrected chi connectivity index (χ2v) is 5.22. The van der Waals surface area contributed by atoms with Gasteiger partial charge in [-0.1, -0.05) is 30.3 Å². The van der Waals surface area contributed by atoms with E-state index in [1.54, 1.807) is 13.0 Å². The maximum atomic E-state index is 13.5. The van der Waals surface area contributed by atoms with Gasteiger partial charge in [-0.3, -0.25) is 0 Å². The molecule has 0 radical (unpaired) electrons. The molecule has 5 heteroatoms. The molecule has 0 fully saturated rings. The number of halogens is 2. The number of benzene rings is 2. The summed E-state index contributed by atoms with van der Waals surface area (Å²) >= 11 is 0. The van der Waals surface area contributed by atoms with E-state index in [4.69, 9.17) is 4.74 Å². The van der Waals surface area contributed by atoms with Gasteiger partial charge in [-0.25, -0.2) is 13.6 Å². The van der Waals surface area contributed by atoms with E-state index < -0.39 is 17.6 Å². The zero-order chi connectivity index (χ0) is 17.1. The Morgan fingerprint density at radius 3 is 2.29 bits per heavy atom. The molecule has 24 heavy (non-hydrogen) atoms. The molecule has 1 aromatic heterocycles. The third-order valence-electron chi connectivity index (χ3n) is 3.55. The SMILES string of the molecule is CCOC(=O)c1cc(-c2cc(F)cc(F)c2)[nH]c1-c1ccccc1. The third kappa shape index (κ3) is 3.20. The minimum atomic E-state index is -0.682. The Morgan fingerprint density at radius 2 is 1.67 bits per heavy atom. The summed E-state index contributed by atoms with van der Waals surface area (Å²) in [7, 11) is 0. The molecule has 0 spiro atoms. The van der Waals surface area contributed by atoms with Crippen LogP contribution in [0.2, 0.25) is 0 Å². The summed E-state index contributed by atoms with van der Waals surface area (Å²) in [6, 6.07) is 14.0. The highest BCUT2D eigenvalue weighted by atomic mass is 19.1. The molecule has 3 rings (SSSR count). The van der Waals surface area contributed by atoms with Gasteiger partial charge in [-0.15, -0.1) is 0 Å². The Morgan fingerprint density at radius 1 is 1.00 bits per heavy atom. The van der Waals surface area contributed by atoms with Crippen LogP contribution in [-0.2, 0) is 4.74 Å². The Bertz CT molecular complexity index is 852. The third-order valence-corrected chi connectivity index (χ3v) is 3.55. The zero-order valence-corrected chi connectivity index (χ0v) is 13.0. The molecule has 2 aromatic carbocycles. The first-order valence-corrected chi connectivity index (χ1v) is 7.50. The van der Waals surface area contributed by atoms with Gasteiger partial charge in [0, 0.05) is 17.3 Å². The minimum Gasteiger partial charge on any atom is -0.462 e. The fraction of sp³-hybridized carbons (Fsp3) is 0.105. The fourth-order valence-corrected chi connectivity index (χ4v) is 2.52. The average Bonchev–Trinajstić information content (AvgIpc) is 3.00. The molecule has 0 saturated carbocycles. The maximum Gasteiger partial charge on any atom is 0.340 e. The van der Waals surface area contributed by atoms with Gasteiger partial charge in [0.2, 0.25) is 0 Å². The van der Waals surface area contributed by atoms with E-state index in [1.807, 2.05) is 30.3 Å². The molecular weight excluding hydrogens is 312 g/mol. The monoisotopic (exact) mass is 327 g/mol. The summed E-state index contributed by atoms with van der Waals surface area (Å²) in [5.41, 5.74) is 2.41. The fourth-order valence-electron chi connectivity index (χ4n) is 2.52. The normalized spacial score (nSPS) is 10.6. The summed E-state index contributed by atoms with van der Waals surface area (Å²) in [6.45, 7) is 1.96. The lowest BCUT2D eigenvalue weighted by Gasteiger charge is -2.03. The lowest BCUT2D eigenvalue weighted by atomic mass is 10.1. The Labute approximate surface area is 137 Å². The van der Waals surface area contributed by atoms with E-state index in [-0.39, 0.29) is 6.61 Å². The minimum absolute atomic E-state index is 0.238. The van der Waals surface area contributed by atoms with E-state index in [0.717, 1.165) is 11.6 Å². The summed E-state index contributed by atoms with van der Waals surface area (Å²) in [4.78, 5) is 15.3. The molecular formula is C19H15F2NO2. The van der Waals surface area contributed by atoms with Gasteiger partial charge in [0.05, 0.1) is 17.9 Å². The molecule has 0 amide bonds. The Balaban J connectivity index is 2.14. The molecule has 1 N–H and O–H groups in total. The first-order chi connectivity index (χ1) is 11.6. The number of aromatic amines is 1. The van der Waals surface area contributed by atoms with E-state index >= 15 is 0 Å². The highest BCUT2D eigenvalue weighted by Crippen LogP contribution is 2.30. The first-order valence-electron chi connectivity index (χ1n) is 7.50. The molecule has 0 saturated heterocycles. The van der Waals surface area contributed by atoms with Crippen molar-refractivity contribution < 1.29 is 18.3 Å². The van der Waals surface area contributed by atoms with E-state index in [1.165, 1.54) is 12.1 Å². The van der Waals surface area contributed by atoms with Crippen LogP contribution in [0.15, 0.2) is 54.6 Å². The standard InChI is InChI=1S/C19H15F2NO2/c1-2-24-19(23)16-11-17(13-8-14(20)10-15(21)9-13)22-18(16)12-6-4-3-5-7-12/h3-11,22H,2H2,1H3. The van der Waals surface area contributed by atoms with Crippen molar-refractivity contribution in [1.82, 2.24) is 4.98 Å². The van der Waals surface area contributed by atoms with E-state index in [2.05, 4.69) is 4.98 Å². The van der Waals surface area contributed by atoms with E-state index in [9.17, 15) is 13.6 Å². The van der Waals surface area contributed by atoms with Crippen molar-refractivity contribution in [1.29, 1.82) is 0 Å². The molecule has 3 aromatic rings. The van der Waals surface area contributed by atoms with Crippen LogP contribution in [0, 0.1) is 11.6 Å². The van der Waals surface area contributed by atoms with Crippen LogP contribution in [0.25, 0.3) is 22.5 Å². The smallest absolute Gasteiger partial charge is 0.340 e. The first kappa shape index (κ1) is 15.9. The highest BCUT2D eigenvalue weighted by Gasteiger charge is 2.19. The lowest BCUT2D eigenvalue weighted by molar-refractivity contribution is 0.0527. The van der Waals surface area contributed by atoms with Crippen molar-refractivity contribution in [2.75, 3.05) is 6.61 Å². The van der Waals surface area contributed by atoms with Crippen molar-refractivity contribution in [3.05, 3.63) is 71.8 Å². The number of ether oxygens (including phenoxy) is 1. The van der Waals surface area contributed by atoms with Crippen molar-refractivity contribution in [2.45, 2.75) is 6.92 Å². The summed E-state index contributed by atoms with van der Waals surface area (Å²) in [5.74, 6) is -1.85. The van der Waals surface area contributed by atoms with Gasteiger partial charge in [-0.05, 0) is 30.7 Å². The predicted octanol–water partition coefficient (Wildman–Crippen LogP) is 4.80. The van der Waals surface area contributed by atoms with Gasteiger partial charge in [0.1, 0.15) is 11.6 Å². The number of carbonyl (C=O) groups is 1. The van der Waals surface area contributed by atoms with Crippen LogP contribution < -0.4 is 0 Å². The quantitative estimate of drug-likeness (QED) is 0.699. The van der Waals surface area contributed by atoms with Gasteiger partial charge >= 0.3 is 5.97 Å². The van der Waals surface area contributed by atoms with Gasteiger partial charge in [-0.2, -0.15) is 0 Å². The highest BCUT2D eigenvalue weighted by molar-refractivity contribution is 5.98. The van der Waals surface area contributed by atoms with Crippen molar-refractivity contribution in [3.8, 4) is 22.5 Å². The van der Waals surface area contributed by atoms with Crippen LogP contribution in [0.4, 0.5) is 8.78 Å². The maximum absolute atomic E-state index is 13.5. The number of carbonyl (C=O) groups excluding carboxylic acids is 1. The largest absolute Gasteiger partial charge is 0.462 e. The van der Waals surface area contributed by atoms with E-state index in [0.29, 0.717) is 22.5 Å². The van der Waals surface area contributed by atoms with Crippen LogP contribution >= 0.6 is 0 Å². The number of H-pyrrole nitrogens is 1.